The van der Waals surface area contributed by atoms with E-state index in [1.807, 2.05) is 31.2 Å². The molecule has 0 spiro atoms. The number of hydrogen-bond acceptors (Lipinski definition) is 3. The SMILES string of the molecule is COc1cccc(CNC(C)C(=O)N(C)C)c1. The first-order chi connectivity index (χ1) is 8.04. The first kappa shape index (κ1) is 13.5. The predicted octanol–water partition coefficient (Wildman–Crippen LogP) is 1.26. The van der Waals surface area contributed by atoms with E-state index in [1.54, 1.807) is 26.1 Å². The summed E-state index contributed by atoms with van der Waals surface area (Å²) in [5.74, 6) is 0.906. The molecule has 1 N–H and O–H groups in total. The van der Waals surface area contributed by atoms with E-state index in [9.17, 15) is 4.79 Å². The van der Waals surface area contributed by atoms with Crippen LogP contribution in [-0.4, -0.2) is 38.1 Å². The fourth-order valence-corrected chi connectivity index (χ4v) is 1.53. The summed E-state index contributed by atoms with van der Waals surface area (Å²) in [4.78, 5) is 13.2. The van der Waals surface area contributed by atoms with Crippen LogP contribution in [-0.2, 0) is 11.3 Å². The van der Waals surface area contributed by atoms with Crippen LogP contribution >= 0.6 is 0 Å². The molecule has 0 radical (unpaired) electrons. The molecule has 4 nitrogen and oxygen atoms in total. The van der Waals surface area contributed by atoms with Crippen LogP contribution < -0.4 is 10.1 Å². The average Bonchev–Trinajstić information content (AvgIpc) is 2.35. The molecule has 1 unspecified atom stereocenters. The Morgan fingerprint density at radius 2 is 2.18 bits per heavy atom. The number of likely N-dealkylation sites (N-methyl/N-ethyl adjacent to an activating group) is 1. The van der Waals surface area contributed by atoms with Crippen molar-refractivity contribution in [2.45, 2.75) is 19.5 Å². The van der Waals surface area contributed by atoms with Gasteiger partial charge >= 0.3 is 0 Å². The molecular weight excluding hydrogens is 216 g/mol. The van der Waals surface area contributed by atoms with Crippen molar-refractivity contribution in [3.05, 3.63) is 29.8 Å². The van der Waals surface area contributed by atoms with E-state index < -0.39 is 0 Å². The molecule has 0 aliphatic rings. The lowest BCUT2D eigenvalue weighted by Crippen LogP contribution is -2.41. The lowest BCUT2D eigenvalue weighted by molar-refractivity contribution is -0.130. The van der Waals surface area contributed by atoms with Crippen molar-refractivity contribution in [1.82, 2.24) is 10.2 Å². The molecule has 1 aromatic carbocycles. The van der Waals surface area contributed by atoms with Crippen molar-refractivity contribution in [1.29, 1.82) is 0 Å². The summed E-state index contributed by atoms with van der Waals surface area (Å²) in [5.41, 5.74) is 1.10. The van der Waals surface area contributed by atoms with Crippen LogP contribution in [0, 0.1) is 0 Å². The molecular formula is C13H20N2O2. The smallest absolute Gasteiger partial charge is 0.238 e. The minimum absolute atomic E-state index is 0.0768. The number of benzene rings is 1. The van der Waals surface area contributed by atoms with Crippen LogP contribution in [0.1, 0.15) is 12.5 Å². The van der Waals surface area contributed by atoms with Crippen molar-refractivity contribution in [2.24, 2.45) is 0 Å². The maximum Gasteiger partial charge on any atom is 0.238 e. The minimum atomic E-state index is -0.184. The maximum atomic E-state index is 11.6. The second kappa shape index (κ2) is 6.25. The Labute approximate surface area is 103 Å². The van der Waals surface area contributed by atoms with Gasteiger partial charge in [-0.05, 0) is 24.6 Å². The molecule has 94 valence electrons. The van der Waals surface area contributed by atoms with E-state index in [0.29, 0.717) is 6.54 Å². The first-order valence-electron chi connectivity index (χ1n) is 5.62. The van der Waals surface area contributed by atoms with Gasteiger partial charge in [0.05, 0.1) is 13.2 Å². The highest BCUT2D eigenvalue weighted by atomic mass is 16.5. The molecule has 4 heteroatoms. The summed E-state index contributed by atoms with van der Waals surface area (Å²) in [7, 11) is 5.16. The molecule has 1 atom stereocenters. The van der Waals surface area contributed by atoms with Crippen molar-refractivity contribution in [3.63, 3.8) is 0 Å². The Bertz CT molecular complexity index is 377. The summed E-state index contributed by atoms with van der Waals surface area (Å²) >= 11 is 0. The van der Waals surface area contributed by atoms with Gasteiger partial charge in [0, 0.05) is 20.6 Å². The minimum Gasteiger partial charge on any atom is -0.497 e. The van der Waals surface area contributed by atoms with Gasteiger partial charge in [0.15, 0.2) is 0 Å². The molecule has 0 aliphatic heterocycles. The third kappa shape index (κ3) is 4.07. The van der Waals surface area contributed by atoms with E-state index in [4.69, 9.17) is 4.74 Å². The van der Waals surface area contributed by atoms with Crippen molar-refractivity contribution >= 4 is 5.91 Å². The number of nitrogens with one attached hydrogen (secondary N) is 1. The highest BCUT2D eigenvalue weighted by Gasteiger charge is 2.13. The molecule has 1 rings (SSSR count). The molecule has 0 aromatic heterocycles. The van der Waals surface area contributed by atoms with Crippen LogP contribution in [0.2, 0.25) is 0 Å². The zero-order valence-corrected chi connectivity index (χ0v) is 10.9. The van der Waals surface area contributed by atoms with Crippen LogP contribution in [0.3, 0.4) is 0 Å². The van der Waals surface area contributed by atoms with E-state index in [2.05, 4.69) is 5.32 Å². The molecule has 0 aliphatic carbocycles. The maximum absolute atomic E-state index is 11.6. The van der Waals surface area contributed by atoms with Gasteiger partial charge in [0.1, 0.15) is 5.75 Å². The Morgan fingerprint density at radius 3 is 2.76 bits per heavy atom. The number of carbonyl (C=O) groups excluding carboxylic acids is 1. The van der Waals surface area contributed by atoms with Gasteiger partial charge in [-0.15, -0.1) is 0 Å². The summed E-state index contributed by atoms with van der Waals surface area (Å²) in [5, 5.41) is 3.18. The third-order valence-electron chi connectivity index (χ3n) is 2.56. The molecule has 0 bridgehead atoms. The highest BCUT2D eigenvalue weighted by molar-refractivity contribution is 5.80. The number of nitrogens with zero attached hydrogens (tertiary/aromatic N) is 1. The third-order valence-corrected chi connectivity index (χ3v) is 2.56. The van der Waals surface area contributed by atoms with Crippen LogP contribution in [0.4, 0.5) is 0 Å². The number of methoxy groups -OCH3 is 1. The van der Waals surface area contributed by atoms with Gasteiger partial charge in [-0.2, -0.15) is 0 Å². The Balaban J connectivity index is 2.52. The number of amides is 1. The summed E-state index contributed by atoms with van der Waals surface area (Å²) < 4.78 is 5.14. The highest BCUT2D eigenvalue weighted by Crippen LogP contribution is 2.12. The van der Waals surface area contributed by atoms with Gasteiger partial charge in [0.2, 0.25) is 5.91 Å². The molecule has 1 aromatic rings. The average molecular weight is 236 g/mol. The van der Waals surface area contributed by atoms with Gasteiger partial charge < -0.3 is 15.0 Å². The quantitative estimate of drug-likeness (QED) is 0.837. The van der Waals surface area contributed by atoms with Crippen LogP contribution in [0.25, 0.3) is 0 Å². The number of ether oxygens (including phenoxy) is 1. The van der Waals surface area contributed by atoms with E-state index in [1.165, 1.54) is 0 Å². The lowest BCUT2D eigenvalue weighted by atomic mass is 10.2. The van der Waals surface area contributed by atoms with E-state index in [0.717, 1.165) is 11.3 Å². The standard InChI is InChI=1S/C13H20N2O2/c1-10(13(16)15(2)3)14-9-11-6-5-7-12(8-11)17-4/h5-8,10,14H,9H2,1-4H3. The zero-order valence-electron chi connectivity index (χ0n) is 10.9. The molecule has 0 fully saturated rings. The molecule has 17 heavy (non-hydrogen) atoms. The predicted molar refractivity (Wildman–Crippen MR) is 68.0 cm³/mol. The number of rotatable bonds is 5. The Hall–Kier alpha value is -1.55. The molecule has 1 amide bonds. The van der Waals surface area contributed by atoms with Crippen LogP contribution in [0.15, 0.2) is 24.3 Å². The van der Waals surface area contributed by atoms with Gasteiger partial charge in [0.25, 0.3) is 0 Å². The largest absolute Gasteiger partial charge is 0.497 e. The van der Waals surface area contributed by atoms with Crippen LogP contribution in [0.5, 0.6) is 5.75 Å². The number of hydrogen-bond donors (Lipinski definition) is 1. The van der Waals surface area contributed by atoms with Gasteiger partial charge in [-0.3, -0.25) is 4.79 Å². The van der Waals surface area contributed by atoms with E-state index in [-0.39, 0.29) is 11.9 Å². The van der Waals surface area contributed by atoms with Crippen molar-refractivity contribution < 1.29 is 9.53 Å². The molecule has 0 heterocycles. The van der Waals surface area contributed by atoms with Crippen molar-refractivity contribution in [2.75, 3.05) is 21.2 Å². The Kier molecular flexibility index (Phi) is 4.97. The lowest BCUT2D eigenvalue weighted by Gasteiger charge is -2.18. The fourth-order valence-electron chi connectivity index (χ4n) is 1.53. The first-order valence-corrected chi connectivity index (χ1v) is 5.62. The topological polar surface area (TPSA) is 41.6 Å². The van der Waals surface area contributed by atoms with Gasteiger partial charge in [-0.1, -0.05) is 12.1 Å². The Morgan fingerprint density at radius 1 is 1.47 bits per heavy atom. The normalized spacial score (nSPS) is 12.0. The zero-order chi connectivity index (χ0) is 12.8. The molecule has 0 saturated carbocycles. The van der Waals surface area contributed by atoms with Crippen molar-refractivity contribution in [3.8, 4) is 5.75 Å². The summed E-state index contributed by atoms with van der Waals surface area (Å²) in [6, 6.07) is 7.62. The van der Waals surface area contributed by atoms with E-state index >= 15 is 0 Å². The fraction of sp³-hybridized carbons (Fsp3) is 0.462. The monoisotopic (exact) mass is 236 g/mol. The molecule has 0 saturated heterocycles. The summed E-state index contributed by atoms with van der Waals surface area (Å²) in [6.45, 7) is 2.51. The van der Waals surface area contributed by atoms with Gasteiger partial charge in [-0.25, -0.2) is 0 Å². The number of carbonyl (C=O) groups is 1. The summed E-state index contributed by atoms with van der Waals surface area (Å²) in [6.07, 6.45) is 0. The second-order valence-corrected chi connectivity index (χ2v) is 4.19. The second-order valence-electron chi connectivity index (χ2n) is 4.19.